The lowest BCUT2D eigenvalue weighted by atomic mass is 10.1. The summed E-state index contributed by atoms with van der Waals surface area (Å²) in [6, 6.07) is 0. The highest BCUT2D eigenvalue weighted by Gasteiger charge is 2.17. The predicted molar refractivity (Wildman–Crippen MR) is 288 cm³/mol. The summed E-state index contributed by atoms with van der Waals surface area (Å²) in [5, 5.41) is 0. The van der Waals surface area contributed by atoms with Crippen molar-refractivity contribution in [2.45, 2.75) is 232 Å². The maximum Gasteiger partial charge on any atom is 0.306 e. The zero-order chi connectivity index (χ0) is 47.7. The molecule has 0 saturated heterocycles. The molecule has 0 fully saturated rings. The molecule has 0 heterocycles. The van der Waals surface area contributed by atoms with Crippen LogP contribution in [0.4, 0.5) is 0 Å². The smallest absolute Gasteiger partial charge is 0.306 e. The predicted octanol–water partition coefficient (Wildman–Crippen LogP) is 18.6. The maximum absolute atomic E-state index is 12.8. The zero-order valence-corrected chi connectivity index (χ0v) is 42.9. The molecule has 0 aromatic carbocycles. The molecule has 1 unspecified atom stereocenters. The molecule has 0 spiro atoms. The Kier molecular flexibility index (Phi) is 52.5. The summed E-state index contributed by atoms with van der Waals surface area (Å²) in [4.78, 5) is 25.4. The molecule has 0 N–H and O–H groups in total. The fourth-order valence-electron chi connectivity index (χ4n) is 6.95. The summed E-state index contributed by atoms with van der Waals surface area (Å²) in [5.41, 5.74) is 0. The number of ether oxygens (including phenoxy) is 3. The van der Waals surface area contributed by atoms with Crippen LogP contribution in [0.25, 0.3) is 0 Å². The average molecular weight is 913 g/mol. The first-order valence-electron chi connectivity index (χ1n) is 27.1. The summed E-state index contributed by atoms with van der Waals surface area (Å²) < 4.78 is 17.3. The van der Waals surface area contributed by atoms with Crippen molar-refractivity contribution in [2.75, 3.05) is 19.8 Å². The second kappa shape index (κ2) is 55.6. The van der Waals surface area contributed by atoms with Crippen LogP contribution in [0, 0.1) is 0 Å². The van der Waals surface area contributed by atoms with E-state index in [1.165, 1.54) is 89.9 Å². The monoisotopic (exact) mass is 913 g/mol. The molecule has 0 aliphatic heterocycles. The number of unbranched alkanes of at least 4 members (excludes halogenated alkanes) is 17. The SMILES string of the molecule is CC/C=C\C/C=C\C/C=C\C/C=C\C/C=C\C/C=C\CCC(=O)OCC(COCCCCCCCC/C=C\C/C=C\CCCCC)OC(=O)CCCCCCC/C=C\C/C=C\CCCCC. The van der Waals surface area contributed by atoms with Gasteiger partial charge in [-0.05, 0) is 122 Å². The Morgan fingerprint density at radius 1 is 0.348 bits per heavy atom. The molecule has 66 heavy (non-hydrogen) atoms. The van der Waals surface area contributed by atoms with Crippen molar-refractivity contribution in [1.29, 1.82) is 0 Å². The van der Waals surface area contributed by atoms with Crippen LogP contribution in [0.2, 0.25) is 0 Å². The largest absolute Gasteiger partial charge is 0.462 e. The van der Waals surface area contributed by atoms with Crippen molar-refractivity contribution in [3.63, 3.8) is 0 Å². The van der Waals surface area contributed by atoms with Gasteiger partial charge in [0.2, 0.25) is 0 Å². The van der Waals surface area contributed by atoms with Crippen molar-refractivity contribution in [3.05, 3.63) is 122 Å². The van der Waals surface area contributed by atoms with Gasteiger partial charge in [-0.1, -0.05) is 213 Å². The van der Waals surface area contributed by atoms with E-state index in [0.717, 1.165) is 96.3 Å². The van der Waals surface area contributed by atoms with Gasteiger partial charge in [0.25, 0.3) is 0 Å². The molecule has 0 saturated carbocycles. The van der Waals surface area contributed by atoms with Gasteiger partial charge >= 0.3 is 11.9 Å². The van der Waals surface area contributed by atoms with Crippen molar-refractivity contribution in [3.8, 4) is 0 Å². The second-order valence-electron chi connectivity index (χ2n) is 17.4. The first-order valence-corrected chi connectivity index (χ1v) is 27.1. The Balaban J connectivity index is 4.46. The molecular weight excluding hydrogens is 813 g/mol. The van der Waals surface area contributed by atoms with Gasteiger partial charge in [-0.2, -0.15) is 0 Å². The van der Waals surface area contributed by atoms with Crippen LogP contribution in [0.3, 0.4) is 0 Å². The topological polar surface area (TPSA) is 61.8 Å². The molecule has 0 rings (SSSR count). The van der Waals surface area contributed by atoms with Gasteiger partial charge in [-0.15, -0.1) is 0 Å². The van der Waals surface area contributed by atoms with Crippen LogP contribution in [0.15, 0.2) is 122 Å². The molecule has 374 valence electrons. The highest BCUT2D eigenvalue weighted by molar-refractivity contribution is 5.70. The highest BCUT2D eigenvalue weighted by atomic mass is 16.6. The average Bonchev–Trinajstić information content (AvgIpc) is 3.32. The van der Waals surface area contributed by atoms with E-state index in [2.05, 4.69) is 136 Å². The van der Waals surface area contributed by atoms with Crippen LogP contribution in [0.1, 0.15) is 226 Å². The molecule has 0 bridgehead atoms. The van der Waals surface area contributed by atoms with E-state index in [-0.39, 0.29) is 25.2 Å². The molecule has 0 aliphatic rings. The molecule has 0 aliphatic carbocycles. The molecule has 0 aromatic heterocycles. The lowest BCUT2D eigenvalue weighted by molar-refractivity contribution is -0.162. The first-order chi connectivity index (χ1) is 32.6. The van der Waals surface area contributed by atoms with E-state index in [1.54, 1.807) is 0 Å². The van der Waals surface area contributed by atoms with Gasteiger partial charge in [-0.3, -0.25) is 9.59 Å². The van der Waals surface area contributed by atoms with Crippen LogP contribution in [-0.2, 0) is 23.8 Å². The molecule has 0 amide bonds. The van der Waals surface area contributed by atoms with E-state index in [1.807, 2.05) is 6.08 Å². The van der Waals surface area contributed by atoms with Crippen LogP contribution < -0.4 is 0 Å². The summed E-state index contributed by atoms with van der Waals surface area (Å²) >= 11 is 0. The minimum absolute atomic E-state index is 0.0280. The van der Waals surface area contributed by atoms with Crippen molar-refractivity contribution in [2.24, 2.45) is 0 Å². The van der Waals surface area contributed by atoms with Crippen molar-refractivity contribution < 1.29 is 23.8 Å². The Morgan fingerprint density at radius 3 is 1.15 bits per heavy atom. The number of rotatable bonds is 48. The maximum atomic E-state index is 12.8. The lowest BCUT2D eigenvalue weighted by Gasteiger charge is -2.18. The van der Waals surface area contributed by atoms with Gasteiger partial charge in [0, 0.05) is 19.4 Å². The Labute approximate surface area is 407 Å². The highest BCUT2D eigenvalue weighted by Crippen LogP contribution is 2.12. The second-order valence-corrected chi connectivity index (χ2v) is 17.4. The summed E-state index contributed by atoms with van der Waals surface area (Å²) in [7, 11) is 0. The number of allylic oxidation sites excluding steroid dienone is 20. The number of esters is 2. The normalized spacial score (nSPS) is 13.2. The van der Waals surface area contributed by atoms with Crippen LogP contribution >= 0.6 is 0 Å². The van der Waals surface area contributed by atoms with Gasteiger partial charge in [-0.25, -0.2) is 0 Å². The number of hydrogen-bond donors (Lipinski definition) is 0. The third-order valence-electron chi connectivity index (χ3n) is 11.0. The van der Waals surface area contributed by atoms with Gasteiger partial charge < -0.3 is 14.2 Å². The van der Waals surface area contributed by atoms with E-state index in [0.29, 0.717) is 25.9 Å². The number of carbonyl (C=O) groups excluding carboxylic acids is 2. The van der Waals surface area contributed by atoms with Crippen molar-refractivity contribution >= 4 is 11.9 Å². The molecule has 1 atom stereocenters. The number of carbonyl (C=O) groups is 2. The van der Waals surface area contributed by atoms with Crippen LogP contribution in [-0.4, -0.2) is 37.9 Å². The summed E-state index contributed by atoms with van der Waals surface area (Å²) in [5.74, 6) is -0.522. The van der Waals surface area contributed by atoms with Crippen molar-refractivity contribution in [1.82, 2.24) is 0 Å². The Morgan fingerprint density at radius 2 is 0.712 bits per heavy atom. The third-order valence-corrected chi connectivity index (χ3v) is 11.0. The molecular formula is C61H100O5. The molecule has 0 aromatic rings. The minimum atomic E-state index is -0.588. The first kappa shape index (κ1) is 62.3. The van der Waals surface area contributed by atoms with Crippen LogP contribution in [0.5, 0.6) is 0 Å². The fourth-order valence-corrected chi connectivity index (χ4v) is 6.95. The molecule has 5 nitrogen and oxygen atoms in total. The quantitative estimate of drug-likeness (QED) is 0.0346. The van der Waals surface area contributed by atoms with Gasteiger partial charge in [0.05, 0.1) is 6.61 Å². The zero-order valence-electron chi connectivity index (χ0n) is 42.9. The minimum Gasteiger partial charge on any atom is -0.462 e. The fraction of sp³-hybridized carbons (Fsp3) is 0.639. The third kappa shape index (κ3) is 52.9. The molecule has 5 heteroatoms. The molecule has 0 radical (unpaired) electrons. The number of hydrogen-bond acceptors (Lipinski definition) is 5. The van der Waals surface area contributed by atoms with E-state index in [4.69, 9.17) is 14.2 Å². The van der Waals surface area contributed by atoms with E-state index in [9.17, 15) is 9.59 Å². The standard InChI is InChI=1S/C61H100O5/c1-4-7-10-13-16-19-22-25-28-30-31-32-34-36-39-42-45-48-51-54-60(62)65-58-59(57-64-56-53-50-47-44-41-38-35-29-26-23-20-17-14-11-8-5-2)66-61(63)55-52-49-46-43-40-37-33-27-24-21-18-15-12-9-6-3/h7,10,16-21,25-29,31-33,36,39,45,48,59H,4-6,8-9,11-15,22-24,30,34-35,37-38,40-44,46-47,49-58H2,1-3H3/b10-7-,19-16-,20-17-,21-18-,28-25-,29-26-,32-31-,33-27-,39-36-,48-45-. The van der Waals surface area contributed by atoms with E-state index < -0.39 is 6.10 Å². The Bertz CT molecular complexity index is 1350. The van der Waals surface area contributed by atoms with Gasteiger partial charge in [0.1, 0.15) is 6.61 Å². The Hall–Kier alpha value is -3.70. The van der Waals surface area contributed by atoms with Gasteiger partial charge in [0.15, 0.2) is 6.10 Å². The lowest BCUT2D eigenvalue weighted by Crippen LogP contribution is -2.30. The van der Waals surface area contributed by atoms with E-state index >= 15 is 0 Å². The summed E-state index contributed by atoms with van der Waals surface area (Å²) in [6.07, 6.45) is 77.9. The summed E-state index contributed by atoms with van der Waals surface area (Å²) in [6.45, 7) is 7.54.